The van der Waals surface area contributed by atoms with Crippen molar-refractivity contribution in [1.29, 1.82) is 0 Å². The predicted molar refractivity (Wildman–Crippen MR) is 126 cm³/mol. The van der Waals surface area contributed by atoms with Crippen molar-refractivity contribution in [2.24, 2.45) is 4.99 Å². The number of hydrogen-bond donors (Lipinski definition) is 2. The monoisotopic (exact) mass is 461 g/mol. The minimum absolute atomic E-state index is 0.166. The minimum atomic E-state index is -0.376. The van der Waals surface area contributed by atoms with Gasteiger partial charge in [0, 0.05) is 37.4 Å². The number of imidazole rings is 1. The van der Waals surface area contributed by atoms with Crippen LogP contribution in [0.2, 0.25) is 0 Å². The number of hydrogen-bond acceptors (Lipinski definition) is 6. The molecule has 0 aromatic carbocycles. The molecular formula is C24H27N7O3. The Labute approximate surface area is 196 Å². The van der Waals surface area contributed by atoms with E-state index < -0.39 is 0 Å². The number of urea groups is 1. The van der Waals surface area contributed by atoms with Crippen LogP contribution in [0, 0.1) is 0 Å². The number of anilines is 1. The van der Waals surface area contributed by atoms with Gasteiger partial charge in [-0.3, -0.25) is 9.20 Å². The first-order chi connectivity index (χ1) is 16.7. The molecule has 10 nitrogen and oxygen atoms in total. The van der Waals surface area contributed by atoms with Gasteiger partial charge in [0.2, 0.25) is 0 Å². The average molecular weight is 462 g/mol. The lowest BCUT2D eigenvalue weighted by Gasteiger charge is -2.27. The summed E-state index contributed by atoms with van der Waals surface area (Å²) >= 11 is 0. The fraction of sp³-hybridized carbons (Fsp3) is 0.458. The number of carbonyl (C=O) groups is 2. The molecule has 34 heavy (non-hydrogen) atoms. The molecule has 2 aromatic rings. The molecule has 3 amide bonds. The molecule has 1 saturated heterocycles. The van der Waals surface area contributed by atoms with Crippen LogP contribution < -0.4 is 15.5 Å². The van der Waals surface area contributed by atoms with Gasteiger partial charge in [-0.25, -0.2) is 14.8 Å². The molecule has 0 radical (unpaired) electrons. The summed E-state index contributed by atoms with van der Waals surface area (Å²) in [4.78, 5) is 40.9. The second-order valence-electron chi connectivity index (χ2n) is 9.09. The molecule has 0 spiro atoms. The van der Waals surface area contributed by atoms with Crippen LogP contribution in [0.15, 0.2) is 41.3 Å². The second-order valence-corrected chi connectivity index (χ2v) is 9.09. The zero-order valence-electron chi connectivity index (χ0n) is 18.9. The zero-order valence-corrected chi connectivity index (χ0v) is 18.9. The average Bonchev–Trinajstić information content (AvgIpc) is 3.44. The standard InChI is InChI=1S/C24H27N7O3/c32-23(26-16-4-2-1-3-5-16)19-20(15-6-7-17-18(14-15)28-24(33)27-17)31-9-8-25-21(22(31)29-19)30-10-12-34-13-11-30/h6-9,14-16H,1-5,10-13H2,(H,26,32)(H,28,33). The predicted octanol–water partition coefficient (Wildman–Crippen LogP) is 2.33. The van der Waals surface area contributed by atoms with Gasteiger partial charge in [0.05, 0.1) is 30.3 Å². The van der Waals surface area contributed by atoms with Crippen molar-refractivity contribution >= 4 is 29.1 Å². The van der Waals surface area contributed by atoms with Gasteiger partial charge in [-0.15, -0.1) is 0 Å². The molecule has 10 heteroatoms. The van der Waals surface area contributed by atoms with E-state index in [1.54, 1.807) is 6.20 Å². The summed E-state index contributed by atoms with van der Waals surface area (Å²) in [7, 11) is 0. The molecule has 1 saturated carbocycles. The van der Waals surface area contributed by atoms with Crippen molar-refractivity contribution < 1.29 is 14.3 Å². The highest BCUT2D eigenvalue weighted by atomic mass is 16.5. The van der Waals surface area contributed by atoms with Gasteiger partial charge in [0.15, 0.2) is 17.2 Å². The van der Waals surface area contributed by atoms with E-state index in [0.717, 1.165) is 50.3 Å². The Balaban J connectivity index is 1.44. The maximum absolute atomic E-state index is 13.5. The molecule has 6 rings (SSSR count). The van der Waals surface area contributed by atoms with Gasteiger partial charge in [0.1, 0.15) is 0 Å². The SMILES string of the molecule is O=C1N=C2C=CC(c3c(C(=O)NC4CCCCC4)nc4c(N5CCOCC5)nccn34)C=C2N1. The molecule has 2 N–H and O–H groups in total. The van der Waals surface area contributed by atoms with E-state index in [1.165, 1.54) is 6.42 Å². The lowest BCUT2D eigenvalue weighted by molar-refractivity contribution is 0.0922. The number of ether oxygens (including phenoxy) is 1. The second kappa shape index (κ2) is 8.68. The van der Waals surface area contributed by atoms with Crippen molar-refractivity contribution in [2.45, 2.75) is 44.1 Å². The maximum Gasteiger partial charge on any atom is 0.346 e. The first-order valence-corrected chi connectivity index (χ1v) is 12.0. The number of fused-ring (bicyclic) bond motifs is 2. The maximum atomic E-state index is 13.5. The first-order valence-electron chi connectivity index (χ1n) is 12.0. The number of nitrogens with one attached hydrogen (secondary N) is 2. The lowest BCUT2D eigenvalue weighted by Crippen LogP contribution is -2.37. The van der Waals surface area contributed by atoms with E-state index in [0.29, 0.717) is 36.0 Å². The van der Waals surface area contributed by atoms with Gasteiger partial charge >= 0.3 is 6.03 Å². The Kier molecular flexibility index (Phi) is 5.37. The number of morpholine rings is 1. The van der Waals surface area contributed by atoms with Gasteiger partial charge in [-0.2, -0.15) is 4.99 Å². The number of allylic oxidation sites excluding steroid dienone is 3. The molecule has 2 aromatic heterocycles. The van der Waals surface area contributed by atoms with Gasteiger partial charge in [-0.05, 0) is 25.0 Å². The number of carbonyl (C=O) groups excluding carboxylic acids is 2. The quantitative estimate of drug-likeness (QED) is 0.723. The van der Waals surface area contributed by atoms with Crippen LogP contribution in [0.4, 0.5) is 10.6 Å². The molecule has 1 unspecified atom stereocenters. The molecule has 2 aliphatic heterocycles. The smallest absolute Gasteiger partial charge is 0.346 e. The number of aromatic nitrogens is 3. The van der Waals surface area contributed by atoms with Crippen LogP contribution >= 0.6 is 0 Å². The van der Waals surface area contributed by atoms with Crippen LogP contribution in [0.1, 0.15) is 54.2 Å². The fourth-order valence-corrected chi connectivity index (χ4v) is 5.20. The van der Waals surface area contributed by atoms with E-state index >= 15 is 0 Å². The van der Waals surface area contributed by atoms with Crippen LogP contribution in [0.5, 0.6) is 0 Å². The molecule has 176 valence electrons. The van der Waals surface area contributed by atoms with Crippen molar-refractivity contribution in [3.8, 4) is 0 Å². The highest BCUT2D eigenvalue weighted by molar-refractivity contribution is 6.19. The summed E-state index contributed by atoms with van der Waals surface area (Å²) in [5.74, 6) is 0.322. The van der Waals surface area contributed by atoms with Crippen molar-refractivity contribution in [2.75, 3.05) is 31.2 Å². The van der Waals surface area contributed by atoms with E-state index in [-0.39, 0.29) is 23.9 Å². The minimum Gasteiger partial charge on any atom is -0.378 e. The van der Waals surface area contributed by atoms with Gasteiger partial charge in [-0.1, -0.05) is 25.3 Å². The molecule has 2 fully saturated rings. The summed E-state index contributed by atoms with van der Waals surface area (Å²) in [5, 5.41) is 6.00. The van der Waals surface area contributed by atoms with Crippen molar-refractivity contribution in [3.63, 3.8) is 0 Å². The molecule has 2 aliphatic carbocycles. The summed E-state index contributed by atoms with van der Waals surface area (Å²) in [6.45, 7) is 2.70. The summed E-state index contributed by atoms with van der Waals surface area (Å²) < 4.78 is 7.46. The van der Waals surface area contributed by atoms with Crippen molar-refractivity contribution in [3.05, 3.63) is 47.7 Å². The number of nitrogens with zero attached hydrogens (tertiary/aromatic N) is 5. The lowest BCUT2D eigenvalue weighted by atomic mass is 9.94. The van der Waals surface area contributed by atoms with E-state index in [9.17, 15) is 9.59 Å². The number of aliphatic imine (C=N–C) groups is 1. The van der Waals surface area contributed by atoms with Crippen LogP contribution in [-0.2, 0) is 4.74 Å². The van der Waals surface area contributed by atoms with Crippen LogP contribution in [-0.4, -0.2) is 64.4 Å². The summed E-state index contributed by atoms with van der Waals surface area (Å²) in [6, 6.07) is -0.206. The normalized spacial score (nSPS) is 22.9. The Morgan fingerprint density at radius 2 is 2.00 bits per heavy atom. The zero-order chi connectivity index (χ0) is 23.1. The van der Waals surface area contributed by atoms with Crippen molar-refractivity contribution in [1.82, 2.24) is 25.0 Å². The van der Waals surface area contributed by atoms with Crippen LogP contribution in [0.25, 0.3) is 5.65 Å². The molecule has 4 heterocycles. The topological polar surface area (TPSA) is 113 Å². The highest BCUT2D eigenvalue weighted by Crippen LogP contribution is 2.32. The number of rotatable bonds is 4. The fourth-order valence-electron chi connectivity index (χ4n) is 5.20. The van der Waals surface area contributed by atoms with Gasteiger partial charge < -0.3 is 20.3 Å². The van der Waals surface area contributed by atoms with E-state index in [1.807, 2.05) is 28.8 Å². The number of amides is 3. The first kappa shape index (κ1) is 21.0. The van der Waals surface area contributed by atoms with Gasteiger partial charge in [0.25, 0.3) is 5.91 Å². The summed E-state index contributed by atoms with van der Waals surface area (Å²) in [5.41, 5.74) is 3.07. The highest BCUT2D eigenvalue weighted by Gasteiger charge is 2.31. The largest absolute Gasteiger partial charge is 0.378 e. The van der Waals surface area contributed by atoms with E-state index in [4.69, 9.17) is 9.72 Å². The van der Waals surface area contributed by atoms with E-state index in [2.05, 4.69) is 25.5 Å². The Hall–Kier alpha value is -3.53. The Morgan fingerprint density at radius 1 is 1.18 bits per heavy atom. The Bertz CT molecular complexity index is 1230. The molecule has 1 atom stereocenters. The van der Waals surface area contributed by atoms with Crippen LogP contribution in [0.3, 0.4) is 0 Å². The Morgan fingerprint density at radius 3 is 2.82 bits per heavy atom. The molecule has 4 aliphatic rings. The third-order valence-electron chi connectivity index (χ3n) is 6.89. The summed E-state index contributed by atoms with van der Waals surface area (Å²) in [6.07, 6.45) is 14.8. The molecule has 0 bridgehead atoms. The third kappa shape index (κ3) is 3.77. The molecular weight excluding hydrogens is 434 g/mol. The third-order valence-corrected chi connectivity index (χ3v) is 6.89.